The van der Waals surface area contributed by atoms with E-state index in [1.54, 1.807) is 0 Å². The summed E-state index contributed by atoms with van der Waals surface area (Å²) in [6.07, 6.45) is 2.64. The van der Waals surface area contributed by atoms with Crippen LogP contribution in [-0.4, -0.2) is 18.5 Å². The number of carbonyl (C=O) groups excluding carboxylic acids is 2. The molecule has 39 heavy (non-hydrogen) atoms. The number of fused-ring (bicyclic) bond motifs is 1. The number of anilines is 2. The molecule has 3 aromatic carbocycles. The van der Waals surface area contributed by atoms with Crippen LogP contribution in [0.1, 0.15) is 81.9 Å². The molecule has 0 radical (unpaired) electrons. The number of amides is 2. The molecule has 6 heteroatoms. The number of hydrogen-bond donors (Lipinski definition) is 2. The van der Waals surface area contributed by atoms with Crippen LogP contribution in [0.15, 0.2) is 72.8 Å². The molecule has 0 bridgehead atoms. The van der Waals surface area contributed by atoms with E-state index in [9.17, 15) is 9.59 Å². The van der Waals surface area contributed by atoms with E-state index in [1.807, 2.05) is 60.7 Å². The van der Waals surface area contributed by atoms with Gasteiger partial charge in [0.15, 0.2) is 0 Å². The van der Waals surface area contributed by atoms with E-state index in [0.717, 1.165) is 43.5 Å². The fourth-order valence-electron chi connectivity index (χ4n) is 6.00. The number of rotatable bonds is 11. The number of nitrogens with zero attached hydrogens (tertiary/aromatic N) is 1. The summed E-state index contributed by atoms with van der Waals surface area (Å²) in [7, 11) is 0. The molecular formula is C33H41N3O3. The van der Waals surface area contributed by atoms with E-state index >= 15 is 0 Å². The monoisotopic (exact) mass is 527 g/mol. The minimum absolute atomic E-state index is 0.0741. The summed E-state index contributed by atoms with van der Waals surface area (Å²) >= 11 is 0. The van der Waals surface area contributed by atoms with Crippen molar-refractivity contribution in [2.24, 2.45) is 11.1 Å². The lowest BCUT2D eigenvalue weighted by molar-refractivity contribution is -0.130. The first-order valence-corrected chi connectivity index (χ1v) is 14.1. The second-order valence-corrected chi connectivity index (χ2v) is 11.0. The van der Waals surface area contributed by atoms with Crippen molar-refractivity contribution in [1.29, 1.82) is 0 Å². The minimum atomic E-state index is -0.652. The minimum Gasteiger partial charge on any atom is -0.410 e. The number of nitrogens with one attached hydrogen (secondary N) is 1. The smallest absolute Gasteiger partial charge is 0.410 e. The Balaban J connectivity index is 1.63. The highest BCUT2D eigenvalue weighted by Crippen LogP contribution is 2.51. The molecule has 1 unspecified atom stereocenters. The fourth-order valence-corrected chi connectivity index (χ4v) is 6.00. The van der Waals surface area contributed by atoms with Crippen molar-refractivity contribution < 1.29 is 14.3 Å². The van der Waals surface area contributed by atoms with E-state index in [2.05, 4.69) is 50.0 Å². The SMILES string of the molecule is CCCC(CCC)(C(N)=O)C1CN(Cc2ccccc2)c2ccc(NC(=O)Oc3ccc(C(C)C)cc3)cc21. The van der Waals surface area contributed by atoms with Gasteiger partial charge >= 0.3 is 6.09 Å². The number of ether oxygens (including phenoxy) is 1. The Kier molecular flexibility index (Phi) is 8.95. The van der Waals surface area contributed by atoms with Gasteiger partial charge in [-0.2, -0.15) is 0 Å². The standard InChI is InChI=1S/C33H41N3O3/c1-5-18-33(19-6-2,31(34)37)29-22-36(21-24-10-8-7-9-11-24)30-17-14-26(20-28(29)30)35-32(38)39-27-15-12-25(13-16-27)23(3)4/h7-17,20,23,29H,5-6,18-19,21-22H2,1-4H3,(H2,34,37)(H,35,38). The van der Waals surface area contributed by atoms with Gasteiger partial charge < -0.3 is 15.4 Å². The average molecular weight is 528 g/mol. The fraction of sp³-hybridized carbons (Fsp3) is 0.394. The highest BCUT2D eigenvalue weighted by molar-refractivity contribution is 5.88. The first-order chi connectivity index (χ1) is 18.8. The summed E-state index contributed by atoms with van der Waals surface area (Å²) in [5.41, 5.74) is 10.7. The maximum Gasteiger partial charge on any atom is 0.417 e. The van der Waals surface area contributed by atoms with Gasteiger partial charge in [0, 0.05) is 30.4 Å². The van der Waals surface area contributed by atoms with Crippen LogP contribution in [0.3, 0.4) is 0 Å². The molecule has 4 rings (SSSR count). The largest absolute Gasteiger partial charge is 0.417 e. The average Bonchev–Trinajstić information content (AvgIpc) is 3.26. The zero-order chi connectivity index (χ0) is 28.0. The maximum absolute atomic E-state index is 13.1. The topological polar surface area (TPSA) is 84.7 Å². The van der Waals surface area contributed by atoms with Crippen LogP contribution in [-0.2, 0) is 11.3 Å². The lowest BCUT2D eigenvalue weighted by atomic mass is 9.66. The molecule has 3 aromatic rings. The molecule has 1 heterocycles. The lowest BCUT2D eigenvalue weighted by Gasteiger charge is -2.37. The lowest BCUT2D eigenvalue weighted by Crippen LogP contribution is -2.43. The van der Waals surface area contributed by atoms with Gasteiger partial charge in [-0.3, -0.25) is 10.1 Å². The van der Waals surface area contributed by atoms with E-state index in [-0.39, 0.29) is 11.8 Å². The summed E-state index contributed by atoms with van der Waals surface area (Å²) in [6, 6.07) is 23.8. The van der Waals surface area contributed by atoms with Crippen LogP contribution in [0.4, 0.5) is 16.2 Å². The van der Waals surface area contributed by atoms with Crippen molar-refractivity contribution in [3.8, 4) is 5.75 Å². The number of carbonyl (C=O) groups is 2. The Morgan fingerprint density at radius 2 is 1.67 bits per heavy atom. The van der Waals surface area contributed by atoms with Gasteiger partial charge in [-0.1, -0.05) is 83.0 Å². The Morgan fingerprint density at radius 3 is 2.26 bits per heavy atom. The van der Waals surface area contributed by atoms with E-state index < -0.39 is 11.5 Å². The molecule has 3 N–H and O–H groups in total. The Labute approximate surface area is 232 Å². The highest BCUT2D eigenvalue weighted by Gasteiger charge is 2.48. The molecule has 0 saturated carbocycles. The van der Waals surface area contributed by atoms with Crippen LogP contribution in [0.2, 0.25) is 0 Å². The zero-order valence-electron chi connectivity index (χ0n) is 23.6. The van der Waals surface area contributed by atoms with Crippen molar-refractivity contribution in [3.05, 3.63) is 89.5 Å². The predicted octanol–water partition coefficient (Wildman–Crippen LogP) is 7.60. The Hall–Kier alpha value is -3.80. The van der Waals surface area contributed by atoms with Gasteiger partial charge in [-0.25, -0.2) is 4.79 Å². The molecule has 0 aliphatic carbocycles. The van der Waals surface area contributed by atoms with Crippen LogP contribution in [0, 0.1) is 5.41 Å². The molecule has 206 valence electrons. The maximum atomic E-state index is 13.1. The van der Waals surface area contributed by atoms with E-state index in [0.29, 0.717) is 23.9 Å². The third-order valence-electron chi connectivity index (χ3n) is 7.92. The van der Waals surface area contributed by atoms with Gasteiger partial charge in [-0.15, -0.1) is 0 Å². The molecule has 0 saturated heterocycles. The first-order valence-electron chi connectivity index (χ1n) is 14.1. The zero-order valence-corrected chi connectivity index (χ0v) is 23.6. The van der Waals surface area contributed by atoms with Crippen LogP contribution in [0.5, 0.6) is 5.75 Å². The summed E-state index contributed by atoms with van der Waals surface area (Å²) in [5, 5.41) is 2.89. The van der Waals surface area contributed by atoms with Gasteiger partial charge in [-0.05, 0) is 65.8 Å². The Bertz CT molecular complexity index is 1270. The van der Waals surface area contributed by atoms with Crippen molar-refractivity contribution in [2.75, 3.05) is 16.8 Å². The second-order valence-electron chi connectivity index (χ2n) is 11.0. The summed E-state index contributed by atoms with van der Waals surface area (Å²) in [5.74, 6) is 0.575. The summed E-state index contributed by atoms with van der Waals surface area (Å²) in [6.45, 7) is 9.89. The van der Waals surface area contributed by atoms with E-state index in [1.165, 1.54) is 11.1 Å². The van der Waals surface area contributed by atoms with Gasteiger partial charge in [0.25, 0.3) is 0 Å². The molecule has 1 aliphatic rings. The highest BCUT2D eigenvalue weighted by atomic mass is 16.6. The van der Waals surface area contributed by atoms with Crippen molar-refractivity contribution in [1.82, 2.24) is 0 Å². The summed E-state index contributed by atoms with van der Waals surface area (Å²) < 4.78 is 5.55. The molecule has 0 fully saturated rings. The van der Waals surface area contributed by atoms with Crippen molar-refractivity contribution >= 4 is 23.4 Å². The first kappa shape index (κ1) is 28.2. The predicted molar refractivity (Wildman–Crippen MR) is 158 cm³/mol. The van der Waals surface area contributed by atoms with Crippen LogP contribution < -0.4 is 20.7 Å². The third-order valence-corrected chi connectivity index (χ3v) is 7.92. The number of hydrogen-bond acceptors (Lipinski definition) is 4. The number of nitrogens with two attached hydrogens (primary N) is 1. The van der Waals surface area contributed by atoms with Gasteiger partial charge in [0.2, 0.25) is 5.91 Å². The summed E-state index contributed by atoms with van der Waals surface area (Å²) in [4.78, 5) is 28.2. The molecule has 0 spiro atoms. The number of benzene rings is 3. The molecule has 6 nitrogen and oxygen atoms in total. The molecule has 1 atom stereocenters. The van der Waals surface area contributed by atoms with Gasteiger partial charge in [0.05, 0.1) is 5.41 Å². The molecule has 1 aliphatic heterocycles. The van der Waals surface area contributed by atoms with Crippen molar-refractivity contribution in [2.45, 2.75) is 71.8 Å². The molecule has 2 amide bonds. The van der Waals surface area contributed by atoms with E-state index in [4.69, 9.17) is 10.5 Å². The number of primary amides is 1. The quantitative estimate of drug-likeness (QED) is 0.269. The Morgan fingerprint density at radius 1 is 1.00 bits per heavy atom. The van der Waals surface area contributed by atoms with Gasteiger partial charge in [0.1, 0.15) is 5.75 Å². The molecular weight excluding hydrogens is 486 g/mol. The van der Waals surface area contributed by atoms with Crippen LogP contribution >= 0.6 is 0 Å². The third kappa shape index (κ3) is 6.27. The van der Waals surface area contributed by atoms with Crippen LogP contribution in [0.25, 0.3) is 0 Å². The normalized spacial score (nSPS) is 14.8. The van der Waals surface area contributed by atoms with Crippen molar-refractivity contribution in [3.63, 3.8) is 0 Å². The molecule has 0 aromatic heterocycles. The second kappa shape index (κ2) is 12.4.